The molecule has 0 unspecified atom stereocenters. The van der Waals surface area contributed by atoms with Crippen LogP contribution < -0.4 is 5.32 Å². The Hall–Kier alpha value is -1.07. The van der Waals surface area contributed by atoms with Crippen LogP contribution in [0.4, 0.5) is 0 Å². The largest absolute Gasteiger partial charge is 0.465 e. The number of thioether (sulfide) groups is 1. The van der Waals surface area contributed by atoms with Gasteiger partial charge in [0.25, 0.3) is 0 Å². The van der Waals surface area contributed by atoms with Crippen molar-refractivity contribution in [1.82, 2.24) is 5.32 Å². The number of hydrogen-bond acceptors (Lipinski definition) is 4. The summed E-state index contributed by atoms with van der Waals surface area (Å²) in [6.07, 6.45) is 0. The molecule has 0 aromatic heterocycles. The third kappa shape index (κ3) is 5.51. The zero-order valence-electron chi connectivity index (χ0n) is 10.5. The van der Waals surface area contributed by atoms with Gasteiger partial charge in [-0.05, 0) is 19.4 Å². The van der Waals surface area contributed by atoms with Crippen molar-refractivity contribution >= 4 is 34.3 Å². The van der Waals surface area contributed by atoms with Crippen molar-refractivity contribution in [2.75, 3.05) is 12.4 Å². The number of carbonyl (C=O) groups is 1. The lowest BCUT2D eigenvalue weighted by molar-refractivity contribution is -0.139. The molecule has 0 radical (unpaired) electrons. The molecule has 0 bridgehead atoms. The first-order chi connectivity index (χ1) is 8.63. The highest BCUT2D eigenvalue weighted by molar-refractivity contribution is 8.23. The molecule has 1 atom stereocenters. The van der Waals surface area contributed by atoms with Crippen LogP contribution in [0.15, 0.2) is 30.3 Å². The van der Waals surface area contributed by atoms with Crippen LogP contribution in [0.1, 0.15) is 25.5 Å². The van der Waals surface area contributed by atoms with Gasteiger partial charge in [0.1, 0.15) is 4.32 Å². The highest BCUT2D eigenvalue weighted by Crippen LogP contribution is 2.13. The van der Waals surface area contributed by atoms with Crippen molar-refractivity contribution in [3.05, 3.63) is 35.9 Å². The van der Waals surface area contributed by atoms with Crippen LogP contribution in [0.25, 0.3) is 0 Å². The van der Waals surface area contributed by atoms with E-state index in [0.29, 0.717) is 10.9 Å². The minimum atomic E-state index is -0.237. The molecule has 3 nitrogen and oxygen atoms in total. The second kappa shape index (κ2) is 8.11. The minimum Gasteiger partial charge on any atom is -0.465 e. The van der Waals surface area contributed by atoms with Crippen molar-refractivity contribution in [3.63, 3.8) is 0 Å². The number of esters is 1. The van der Waals surface area contributed by atoms with Crippen molar-refractivity contribution < 1.29 is 9.53 Å². The van der Waals surface area contributed by atoms with Crippen LogP contribution in [0.5, 0.6) is 0 Å². The van der Waals surface area contributed by atoms with Gasteiger partial charge in [0, 0.05) is 6.04 Å². The van der Waals surface area contributed by atoms with Gasteiger partial charge >= 0.3 is 5.97 Å². The number of ether oxygens (including phenoxy) is 1. The maximum absolute atomic E-state index is 11.2. The van der Waals surface area contributed by atoms with E-state index >= 15 is 0 Å². The lowest BCUT2D eigenvalue weighted by Crippen LogP contribution is -2.23. The molecule has 0 aliphatic rings. The first kappa shape index (κ1) is 15.0. The number of hydrogen-bond donors (Lipinski definition) is 1. The molecular formula is C13H17NO2S2. The normalized spacial score (nSPS) is 11.7. The highest BCUT2D eigenvalue weighted by atomic mass is 32.2. The topological polar surface area (TPSA) is 38.3 Å². The summed E-state index contributed by atoms with van der Waals surface area (Å²) in [5.41, 5.74) is 1.16. The van der Waals surface area contributed by atoms with E-state index in [1.807, 2.05) is 37.3 Å². The molecule has 0 heterocycles. The quantitative estimate of drug-likeness (QED) is 0.664. The fourth-order valence-corrected chi connectivity index (χ4v) is 2.32. The van der Waals surface area contributed by atoms with Crippen molar-refractivity contribution in [3.8, 4) is 0 Å². The van der Waals surface area contributed by atoms with Crippen LogP contribution in [0.2, 0.25) is 0 Å². The van der Waals surface area contributed by atoms with E-state index in [4.69, 9.17) is 17.0 Å². The summed E-state index contributed by atoms with van der Waals surface area (Å²) in [5.74, 6) is 0.0141. The van der Waals surface area contributed by atoms with Gasteiger partial charge in [0.2, 0.25) is 0 Å². The lowest BCUT2D eigenvalue weighted by Gasteiger charge is -2.15. The Labute approximate surface area is 117 Å². The van der Waals surface area contributed by atoms with Crippen LogP contribution >= 0.6 is 24.0 Å². The predicted octanol–water partition coefficient (Wildman–Crippen LogP) is 2.92. The van der Waals surface area contributed by atoms with E-state index < -0.39 is 0 Å². The van der Waals surface area contributed by atoms with Crippen LogP contribution in [0.3, 0.4) is 0 Å². The lowest BCUT2D eigenvalue weighted by atomic mass is 10.1. The van der Waals surface area contributed by atoms with Crippen molar-refractivity contribution in [2.24, 2.45) is 0 Å². The second-order valence-corrected chi connectivity index (χ2v) is 5.31. The Balaban J connectivity index is 2.34. The zero-order valence-corrected chi connectivity index (χ0v) is 12.1. The van der Waals surface area contributed by atoms with Gasteiger partial charge in [-0.3, -0.25) is 4.79 Å². The van der Waals surface area contributed by atoms with E-state index in [9.17, 15) is 4.79 Å². The molecule has 1 rings (SSSR count). The molecule has 5 heteroatoms. The summed E-state index contributed by atoms with van der Waals surface area (Å²) in [7, 11) is 0. The molecule has 0 fully saturated rings. The summed E-state index contributed by atoms with van der Waals surface area (Å²) in [4.78, 5) is 11.2. The Kier molecular flexibility index (Phi) is 6.75. The van der Waals surface area contributed by atoms with Gasteiger partial charge in [-0.25, -0.2) is 0 Å². The summed E-state index contributed by atoms with van der Waals surface area (Å²) in [6, 6.07) is 10.2. The molecule has 0 aliphatic carbocycles. The van der Waals surface area contributed by atoms with E-state index in [0.717, 1.165) is 5.56 Å². The van der Waals surface area contributed by atoms with Gasteiger partial charge in [0.15, 0.2) is 0 Å². The third-order valence-electron chi connectivity index (χ3n) is 2.26. The summed E-state index contributed by atoms with van der Waals surface area (Å²) < 4.78 is 5.45. The minimum absolute atomic E-state index is 0.133. The zero-order chi connectivity index (χ0) is 13.4. The van der Waals surface area contributed by atoms with E-state index in [1.54, 1.807) is 6.92 Å². The summed E-state index contributed by atoms with van der Waals surface area (Å²) >= 11 is 6.47. The smallest absolute Gasteiger partial charge is 0.316 e. The molecule has 98 valence electrons. The first-order valence-electron chi connectivity index (χ1n) is 5.77. The van der Waals surface area contributed by atoms with Gasteiger partial charge in [-0.2, -0.15) is 0 Å². The maximum Gasteiger partial charge on any atom is 0.316 e. The average Bonchev–Trinajstić information content (AvgIpc) is 2.38. The molecular weight excluding hydrogens is 266 g/mol. The highest BCUT2D eigenvalue weighted by Gasteiger charge is 2.09. The molecule has 0 amide bonds. The van der Waals surface area contributed by atoms with Gasteiger partial charge in [-0.15, -0.1) is 0 Å². The Morgan fingerprint density at radius 3 is 2.72 bits per heavy atom. The van der Waals surface area contributed by atoms with E-state index in [2.05, 4.69) is 5.32 Å². The van der Waals surface area contributed by atoms with Crippen LogP contribution in [0, 0.1) is 0 Å². The Bertz CT molecular complexity index is 395. The summed E-state index contributed by atoms with van der Waals surface area (Å²) in [5, 5.41) is 3.18. The molecule has 1 N–H and O–H groups in total. The number of benzene rings is 1. The van der Waals surface area contributed by atoms with Gasteiger partial charge < -0.3 is 10.1 Å². The fraction of sp³-hybridized carbons (Fsp3) is 0.385. The van der Waals surface area contributed by atoms with E-state index in [-0.39, 0.29) is 17.8 Å². The fourth-order valence-electron chi connectivity index (χ4n) is 1.37. The molecule has 1 aromatic carbocycles. The van der Waals surface area contributed by atoms with Crippen molar-refractivity contribution in [2.45, 2.75) is 19.9 Å². The van der Waals surface area contributed by atoms with Crippen LogP contribution in [-0.2, 0) is 9.53 Å². The molecule has 0 saturated carbocycles. The monoisotopic (exact) mass is 283 g/mol. The standard InChI is InChI=1S/C13H17NO2S2/c1-3-16-12(15)9-18-13(17)14-10(2)11-7-5-4-6-8-11/h4-8,10H,3,9H2,1-2H3,(H,14,17)/t10-/m0/s1. The average molecular weight is 283 g/mol. The van der Waals surface area contributed by atoms with Gasteiger partial charge in [-0.1, -0.05) is 54.3 Å². The van der Waals surface area contributed by atoms with Crippen LogP contribution in [-0.4, -0.2) is 22.6 Å². The molecule has 18 heavy (non-hydrogen) atoms. The first-order valence-corrected chi connectivity index (χ1v) is 7.16. The van der Waals surface area contributed by atoms with Crippen molar-refractivity contribution in [1.29, 1.82) is 0 Å². The Morgan fingerprint density at radius 1 is 1.44 bits per heavy atom. The molecule has 0 aliphatic heterocycles. The number of nitrogens with one attached hydrogen (secondary N) is 1. The Morgan fingerprint density at radius 2 is 2.11 bits per heavy atom. The predicted molar refractivity (Wildman–Crippen MR) is 79.7 cm³/mol. The summed E-state index contributed by atoms with van der Waals surface area (Å²) in [6.45, 7) is 4.23. The van der Waals surface area contributed by atoms with E-state index in [1.165, 1.54) is 11.8 Å². The van der Waals surface area contributed by atoms with Gasteiger partial charge in [0.05, 0.1) is 12.4 Å². The molecule has 1 aromatic rings. The number of carbonyl (C=O) groups excluding carboxylic acids is 1. The number of thiocarbonyl (C=S) groups is 1. The SMILES string of the molecule is CCOC(=O)CSC(=S)N[C@@H](C)c1ccccc1. The second-order valence-electron chi connectivity index (χ2n) is 3.66. The number of rotatable bonds is 5. The molecule has 0 saturated heterocycles. The maximum atomic E-state index is 11.2. The molecule has 0 spiro atoms. The third-order valence-corrected chi connectivity index (χ3v) is 3.49.